The summed E-state index contributed by atoms with van der Waals surface area (Å²) in [7, 11) is 1.95. The van der Waals surface area contributed by atoms with E-state index >= 15 is 0 Å². The Balaban J connectivity index is 1.93. The summed E-state index contributed by atoms with van der Waals surface area (Å²) >= 11 is 1.69. The standard InChI is InChI=1S/C12H16N4OS/c1-9-7-18-8-10(9)11-13-12(15(2)14-11)16-3-5-17-6-4-16/h7-8H,3-6H2,1-2H3. The van der Waals surface area contributed by atoms with E-state index in [2.05, 4.69) is 32.7 Å². The van der Waals surface area contributed by atoms with Gasteiger partial charge in [0.05, 0.1) is 13.2 Å². The monoisotopic (exact) mass is 264 g/mol. The minimum atomic E-state index is 0.764. The van der Waals surface area contributed by atoms with Crippen LogP contribution in [-0.4, -0.2) is 41.1 Å². The summed E-state index contributed by atoms with van der Waals surface area (Å²) in [5, 5.41) is 8.75. The van der Waals surface area contributed by atoms with Crippen molar-refractivity contribution in [2.75, 3.05) is 31.2 Å². The van der Waals surface area contributed by atoms with Crippen LogP contribution in [0, 0.1) is 6.92 Å². The van der Waals surface area contributed by atoms with Crippen LogP contribution in [0.3, 0.4) is 0 Å². The molecule has 0 aliphatic carbocycles. The third-order valence-electron chi connectivity index (χ3n) is 3.13. The van der Waals surface area contributed by atoms with Gasteiger partial charge < -0.3 is 9.64 Å². The fourth-order valence-corrected chi connectivity index (χ4v) is 2.95. The molecule has 1 aliphatic rings. The largest absolute Gasteiger partial charge is 0.378 e. The first kappa shape index (κ1) is 11.7. The van der Waals surface area contributed by atoms with E-state index in [9.17, 15) is 0 Å². The topological polar surface area (TPSA) is 43.2 Å². The van der Waals surface area contributed by atoms with E-state index in [0.717, 1.165) is 43.6 Å². The van der Waals surface area contributed by atoms with Gasteiger partial charge in [0.25, 0.3) is 0 Å². The van der Waals surface area contributed by atoms with Crippen LogP contribution in [0.4, 0.5) is 5.95 Å². The second-order valence-corrected chi connectivity index (χ2v) is 5.17. The first-order valence-corrected chi connectivity index (χ1v) is 6.97. The number of thiophene rings is 1. The van der Waals surface area contributed by atoms with E-state index in [-0.39, 0.29) is 0 Å². The Hall–Kier alpha value is -1.40. The molecule has 1 aliphatic heterocycles. The van der Waals surface area contributed by atoms with Gasteiger partial charge in [0.15, 0.2) is 5.82 Å². The Kier molecular flexibility index (Phi) is 3.05. The third kappa shape index (κ3) is 2.02. The molecule has 0 saturated carbocycles. The number of hydrogen-bond acceptors (Lipinski definition) is 5. The summed E-state index contributed by atoms with van der Waals surface area (Å²) in [4.78, 5) is 6.89. The Morgan fingerprint density at radius 1 is 1.28 bits per heavy atom. The molecule has 0 N–H and O–H groups in total. The van der Waals surface area contributed by atoms with Crippen molar-refractivity contribution in [3.63, 3.8) is 0 Å². The quantitative estimate of drug-likeness (QED) is 0.828. The van der Waals surface area contributed by atoms with Gasteiger partial charge in [0.2, 0.25) is 5.95 Å². The van der Waals surface area contributed by atoms with Gasteiger partial charge in [0.1, 0.15) is 0 Å². The predicted molar refractivity (Wildman–Crippen MR) is 72.1 cm³/mol. The highest BCUT2D eigenvalue weighted by atomic mass is 32.1. The fraction of sp³-hybridized carbons (Fsp3) is 0.500. The molecule has 1 saturated heterocycles. The van der Waals surface area contributed by atoms with E-state index in [4.69, 9.17) is 4.74 Å². The van der Waals surface area contributed by atoms with E-state index in [1.54, 1.807) is 11.3 Å². The summed E-state index contributed by atoms with van der Waals surface area (Å²) < 4.78 is 7.22. The minimum absolute atomic E-state index is 0.764. The van der Waals surface area contributed by atoms with E-state index < -0.39 is 0 Å². The number of ether oxygens (including phenoxy) is 1. The van der Waals surface area contributed by atoms with E-state index in [1.165, 1.54) is 5.56 Å². The zero-order valence-electron chi connectivity index (χ0n) is 10.6. The van der Waals surface area contributed by atoms with Crippen LogP contribution in [0.5, 0.6) is 0 Å². The van der Waals surface area contributed by atoms with Crippen molar-refractivity contribution >= 4 is 17.3 Å². The summed E-state index contributed by atoms with van der Waals surface area (Å²) in [5.41, 5.74) is 2.37. The number of anilines is 1. The summed E-state index contributed by atoms with van der Waals surface area (Å²) in [5.74, 6) is 1.75. The molecule has 0 amide bonds. The lowest BCUT2D eigenvalue weighted by molar-refractivity contribution is 0.121. The first-order chi connectivity index (χ1) is 8.75. The molecule has 6 heteroatoms. The van der Waals surface area contributed by atoms with Gasteiger partial charge in [0, 0.05) is 31.1 Å². The normalized spacial score (nSPS) is 16.2. The molecule has 18 heavy (non-hydrogen) atoms. The molecule has 0 spiro atoms. The number of morpholine rings is 1. The second kappa shape index (κ2) is 4.70. The highest BCUT2D eigenvalue weighted by molar-refractivity contribution is 7.08. The maximum Gasteiger partial charge on any atom is 0.224 e. The van der Waals surface area contributed by atoms with Crippen molar-refractivity contribution in [2.24, 2.45) is 7.05 Å². The van der Waals surface area contributed by atoms with Gasteiger partial charge in [-0.3, -0.25) is 0 Å². The molecule has 1 fully saturated rings. The second-order valence-electron chi connectivity index (χ2n) is 4.43. The van der Waals surface area contributed by atoms with Crippen molar-refractivity contribution in [2.45, 2.75) is 6.92 Å². The highest BCUT2D eigenvalue weighted by Gasteiger charge is 2.19. The molecule has 2 aromatic heterocycles. The van der Waals surface area contributed by atoms with Gasteiger partial charge in [-0.2, -0.15) is 16.3 Å². The van der Waals surface area contributed by atoms with Gasteiger partial charge in [-0.25, -0.2) is 4.68 Å². The number of rotatable bonds is 2. The molecule has 5 nitrogen and oxygen atoms in total. The van der Waals surface area contributed by atoms with E-state index in [1.807, 2.05) is 11.7 Å². The van der Waals surface area contributed by atoms with Crippen LogP contribution in [0.25, 0.3) is 11.4 Å². The van der Waals surface area contributed by atoms with Gasteiger partial charge >= 0.3 is 0 Å². The van der Waals surface area contributed by atoms with Crippen molar-refractivity contribution < 1.29 is 4.74 Å². The molecule has 3 rings (SSSR count). The van der Waals surface area contributed by atoms with Crippen molar-refractivity contribution in [1.29, 1.82) is 0 Å². The minimum Gasteiger partial charge on any atom is -0.378 e. The zero-order valence-corrected chi connectivity index (χ0v) is 11.4. The van der Waals surface area contributed by atoms with E-state index in [0.29, 0.717) is 0 Å². The highest BCUT2D eigenvalue weighted by Crippen LogP contribution is 2.26. The SMILES string of the molecule is Cc1cscc1-c1nc(N2CCOCC2)n(C)n1. The maximum atomic E-state index is 5.36. The maximum absolute atomic E-state index is 5.36. The van der Waals surface area contributed by atoms with Crippen LogP contribution in [0.2, 0.25) is 0 Å². The van der Waals surface area contributed by atoms with Crippen LogP contribution in [0.1, 0.15) is 5.56 Å². The molecule has 0 radical (unpaired) electrons. The number of nitrogens with zero attached hydrogens (tertiary/aromatic N) is 4. The average Bonchev–Trinajstić information content (AvgIpc) is 2.96. The van der Waals surface area contributed by atoms with Crippen LogP contribution in [0.15, 0.2) is 10.8 Å². The molecule has 2 aromatic rings. The number of aromatic nitrogens is 3. The molecular formula is C12H16N4OS. The number of hydrogen-bond donors (Lipinski definition) is 0. The average molecular weight is 264 g/mol. The van der Waals surface area contributed by atoms with Gasteiger partial charge in [-0.15, -0.1) is 5.10 Å². The Morgan fingerprint density at radius 3 is 2.72 bits per heavy atom. The molecular weight excluding hydrogens is 248 g/mol. The van der Waals surface area contributed by atoms with Crippen molar-refractivity contribution in [3.8, 4) is 11.4 Å². The molecule has 96 valence electrons. The smallest absolute Gasteiger partial charge is 0.224 e. The lowest BCUT2D eigenvalue weighted by Gasteiger charge is -2.26. The third-order valence-corrected chi connectivity index (χ3v) is 3.99. The van der Waals surface area contributed by atoms with Crippen LogP contribution >= 0.6 is 11.3 Å². The van der Waals surface area contributed by atoms with Crippen LogP contribution in [-0.2, 0) is 11.8 Å². The fourth-order valence-electron chi connectivity index (χ4n) is 2.12. The molecule has 0 aromatic carbocycles. The Labute approximate surface area is 110 Å². The summed E-state index contributed by atoms with van der Waals surface area (Å²) in [6, 6.07) is 0. The molecule has 0 bridgehead atoms. The lowest BCUT2D eigenvalue weighted by Crippen LogP contribution is -2.37. The zero-order chi connectivity index (χ0) is 12.5. The summed E-state index contributed by atoms with van der Waals surface area (Å²) in [6.07, 6.45) is 0. The summed E-state index contributed by atoms with van der Waals surface area (Å²) in [6.45, 7) is 5.39. The Bertz CT molecular complexity index is 542. The van der Waals surface area contributed by atoms with Gasteiger partial charge in [-0.05, 0) is 17.9 Å². The van der Waals surface area contributed by atoms with Crippen molar-refractivity contribution in [3.05, 3.63) is 16.3 Å². The number of aryl methyl sites for hydroxylation is 2. The predicted octanol–water partition coefficient (Wildman–Crippen LogP) is 1.69. The lowest BCUT2D eigenvalue weighted by atomic mass is 10.2. The first-order valence-electron chi connectivity index (χ1n) is 6.02. The molecule has 0 atom stereocenters. The van der Waals surface area contributed by atoms with Crippen molar-refractivity contribution in [1.82, 2.24) is 14.8 Å². The van der Waals surface area contributed by atoms with Crippen LogP contribution < -0.4 is 4.90 Å². The molecule has 3 heterocycles. The molecule has 0 unspecified atom stereocenters. The van der Waals surface area contributed by atoms with Gasteiger partial charge in [-0.1, -0.05) is 0 Å². The Morgan fingerprint density at radius 2 is 2.06 bits per heavy atom.